The lowest BCUT2D eigenvalue weighted by Crippen LogP contribution is -2.17. The van der Waals surface area contributed by atoms with E-state index >= 15 is 0 Å². The molecule has 0 aliphatic carbocycles. The number of para-hydroxylation sites is 1. The van der Waals surface area contributed by atoms with Crippen LogP contribution in [0.3, 0.4) is 0 Å². The van der Waals surface area contributed by atoms with E-state index < -0.39 is 10.0 Å². The molecule has 2 aromatic carbocycles. The third-order valence-corrected chi connectivity index (χ3v) is 5.74. The van der Waals surface area contributed by atoms with Crippen LogP contribution in [-0.4, -0.2) is 31.4 Å². The predicted octanol–water partition coefficient (Wildman–Crippen LogP) is 3.21. The first kappa shape index (κ1) is 16.9. The molecule has 1 aromatic heterocycles. The molecule has 0 fully saturated rings. The highest BCUT2D eigenvalue weighted by Crippen LogP contribution is 2.38. The van der Waals surface area contributed by atoms with Crippen LogP contribution in [0.5, 0.6) is 11.5 Å². The van der Waals surface area contributed by atoms with E-state index in [1.54, 1.807) is 12.1 Å². The highest BCUT2D eigenvalue weighted by Gasteiger charge is 2.21. The van der Waals surface area contributed by atoms with Gasteiger partial charge in [0.25, 0.3) is 10.0 Å². The van der Waals surface area contributed by atoms with Gasteiger partial charge in [0, 0.05) is 16.6 Å². The molecule has 0 atom stereocenters. The molecule has 4 rings (SSSR count). The number of rotatable bonds is 4. The molecule has 26 heavy (non-hydrogen) atoms. The van der Waals surface area contributed by atoms with Crippen LogP contribution in [-0.2, 0) is 10.0 Å². The standard InChI is InChI=1S/C17H14BrN3O4S/c18-14-8-16-17(25-7-6-24-16)9-15(14)20-26(22,23)13-10-19-21(11-13)12-4-2-1-3-5-12/h1-5,8-11,20H,6-7H2. The van der Waals surface area contributed by atoms with Crippen molar-refractivity contribution in [3.8, 4) is 17.2 Å². The Kier molecular flexibility index (Phi) is 4.33. The molecular formula is C17H14BrN3O4S. The summed E-state index contributed by atoms with van der Waals surface area (Å²) in [5, 5.41) is 4.13. The van der Waals surface area contributed by atoms with Gasteiger partial charge in [0.05, 0.1) is 23.8 Å². The van der Waals surface area contributed by atoms with Crippen molar-refractivity contribution in [1.29, 1.82) is 0 Å². The molecule has 134 valence electrons. The minimum Gasteiger partial charge on any atom is -0.486 e. The zero-order valence-electron chi connectivity index (χ0n) is 13.4. The Morgan fingerprint density at radius 3 is 2.50 bits per heavy atom. The second-order valence-corrected chi connectivity index (χ2v) is 8.07. The van der Waals surface area contributed by atoms with E-state index in [4.69, 9.17) is 9.47 Å². The molecule has 9 heteroatoms. The normalized spacial score (nSPS) is 13.4. The number of hydrogen-bond acceptors (Lipinski definition) is 5. The number of aromatic nitrogens is 2. The number of sulfonamides is 1. The summed E-state index contributed by atoms with van der Waals surface area (Å²) in [7, 11) is -3.81. The fourth-order valence-corrected chi connectivity index (χ4v) is 4.07. The van der Waals surface area contributed by atoms with E-state index in [9.17, 15) is 8.42 Å². The summed E-state index contributed by atoms with van der Waals surface area (Å²) in [6.07, 6.45) is 2.77. The number of fused-ring (bicyclic) bond motifs is 1. The Labute approximate surface area is 158 Å². The minimum absolute atomic E-state index is 0.0585. The summed E-state index contributed by atoms with van der Waals surface area (Å²) >= 11 is 3.36. The maximum Gasteiger partial charge on any atom is 0.265 e. The first-order valence-electron chi connectivity index (χ1n) is 7.75. The Bertz CT molecular complexity index is 1050. The number of hydrogen-bond donors (Lipinski definition) is 1. The summed E-state index contributed by atoms with van der Waals surface area (Å²) in [5.41, 5.74) is 1.14. The molecule has 0 saturated carbocycles. The van der Waals surface area contributed by atoms with Gasteiger partial charge in [-0.1, -0.05) is 18.2 Å². The van der Waals surface area contributed by atoms with Crippen molar-refractivity contribution in [3.05, 3.63) is 59.3 Å². The number of halogens is 1. The van der Waals surface area contributed by atoms with Crippen molar-refractivity contribution in [3.63, 3.8) is 0 Å². The van der Waals surface area contributed by atoms with Gasteiger partial charge in [0.2, 0.25) is 0 Å². The second kappa shape index (κ2) is 6.65. The Balaban J connectivity index is 1.63. The monoisotopic (exact) mass is 435 g/mol. The highest BCUT2D eigenvalue weighted by molar-refractivity contribution is 9.10. The number of ether oxygens (including phenoxy) is 2. The Morgan fingerprint density at radius 1 is 1.08 bits per heavy atom. The van der Waals surface area contributed by atoms with Gasteiger partial charge < -0.3 is 9.47 Å². The number of benzene rings is 2. The Hall–Kier alpha value is -2.52. The molecule has 0 amide bonds. The zero-order chi connectivity index (χ0) is 18.1. The van der Waals surface area contributed by atoms with Crippen molar-refractivity contribution >= 4 is 31.6 Å². The predicted molar refractivity (Wildman–Crippen MR) is 99.5 cm³/mol. The van der Waals surface area contributed by atoms with E-state index in [0.29, 0.717) is 34.9 Å². The molecule has 1 N–H and O–H groups in total. The third-order valence-electron chi connectivity index (χ3n) is 3.77. The largest absolute Gasteiger partial charge is 0.486 e. The molecular weight excluding hydrogens is 422 g/mol. The van der Waals surface area contributed by atoms with Gasteiger partial charge >= 0.3 is 0 Å². The van der Waals surface area contributed by atoms with Gasteiger partial charge in [-0.15, -0.1) is 0 Å². The van der Waals surface area contributed by atoms with Crippen LogP contribution in [0.2, 0.25) is 0 Å². The number of anilines is 1. The van der Waals surface area contributed by atoms with E-state index in [0.717, 1.165) is 5.69 Å². The molecule has 2 heterocycles. The van der Waals surface area contributed by atoms with Crippen LogP contribution >= 0.6 is 15.9 Å². The number of nitrogens with zero attached hydrogens (tertiary/aromatic N) is 2. The van der Waals surface area contributed by atoms with Crippen LogP contribution in [0, 0.1) is 0 Å². The Morgan fingerprint density at radius 2 is 1.77 bits per heavy atom. The lowest BCUT2D eigenvalue weighted by atomic mass is 10.2. The fourth-order valence-electron chi connectivity index (χ4n) is 2.51. The minimum atomic E-state index is -3.81. The van der Waals surface area contributed by atoms with Gasteiger partial charge in [-0.3, -0.25) is 4.72 Å². The van der Waals surface area contributed by atoms with Crippen LogP contribution < -0.4 is 14.2 Å². The van der Waals surface area contributed by atoms with Gasteiger partial charge in [-0.05, 0) is 28.1 Å². The molecule has 0 saturated heterocycles. The molecule has 0 radical (unpaired) electrons. The van der Waals surface area contributed by atoms with Crippen molar-refractivity contribution in [2.24, 2.45) is 0 Å². The summed E-state index contributed by atoms with van der Waals surface area (Å²) in [6, 6.07) is 12.6. The highest BCUT2D eigenvalue weighted by atomic mass is 79.9. The van der Waals surface area contributed by atoms with Crippen molar-refractivity contribution in [1.82, 2.24) is 9.78 Å². The van der Waals surface area contributed by atoms with Crippen LogP contribution in [0.25, 0.3) is 5.69 Å². The summed E-state index contributed by atoms with van der Waals surface area (Å²) < 4.78 is 41.0. The number of nitrogens with one attached hydrogen (secondary N) is 1. The summed E-state index contributed by atoms with van der Waals surface area (Å²) in [6.45, 7) is 0.883. The first-order valence-corrected chi connectivity index (χ1v) is 10.0. The van der Waals surface area contributed by atoms with Gasteiger partial charge in [-0.25, -0.2) is 13.1 Å². The molecule has 0 bridgehead atoms. The zero-order valence-corrected chi connectivity index (χ0v) is 15.8. The van der Waals surface area contributed by atoms with Crippen LogP contribution in [0.4, 0.5) is 5.69 Å². The molecule has 1 aliphatic rings. The van der Waals surface area contributed by atoms with E-state index in [2.05, 4.69) is 25.8 Å². The third kappa shape index (κ3) is 3.27. The van der Waals surface area contributed by atoms with Crippen molar-refractivity contribution in [2.75, 3.05) is 17.9 Å². The molecule has 0 spiro atoms. The van der Waals surface area contributed by atoms with Gasteiger partial charge in [-0.2, -0.15) is 5.10 Å². The van der Waals surface area contributed by atoms with E-state index in [-0.39, 0.29) is 4.90 Å². The van der Waals surface area contributed by atoms with Crippen molar-refractivity contribution < 1.29 is 17.9 Å². The van der Waals surface area contributed by atoms with E-state index in [1.807, 2.05) is 30.3 Å². The van der Waals surface area contributed by atoms with Crippen molar-refractivity contribution in [2.45, 2.75) is 4.90 Å². The SMILES string of the molecule is O=S(=O)(Nc1cc2c(cc1Br)OCCO2)c1cnn(-c2ccccc2)c1. The van der Waals surface area contributed by atoms with Crippen LogP contribution in [0.15, 0.2) is 64.2 Å². The first-order chi connectivity index (χ1) is 12.5. The maximum absolute atomic E-state index is 12.7. The topological polar surface area (TPSA) is 82.5 Å². The lowest BCUT2D eigenvalue weighted by Gasteiger charge is -2.20. The average Bonchev–Trinajstić information content (AvgIpc) is 3.14. The van der Waals surface area contributed by atoms with Gasteiger partial charge in [0.15, 0.2) is 11.5 Å². The molecule has 3 aromatic rings. The smallest absolute Gasteiger partial charge is 0.265 e. The molecule has 1 aliphatic heterocycles. The molecule has 0 unspecified atom stereocenters. The lowest BCUT2D eigenvalue weighted by molar-refractivity contribution is 0.171. The van der Waals surface area contributed by atoms with Crippen LogP contribution in [0.1, 0.15) is 0 Å². The average molecular weight is 436 g/mol. The fraction of sp³-hybridized carbons (Fsp3) is 0.118. The maximum atomic E-state index is 12.7. The second-order valence-electron chi connectivity index (χ2n) is 5.54. The quantitative estimate of drug-likeness (QED) is 0.680. The molecule has 7 nitrogen and oxygen atoms in total. The van der Waals surface area contributed by atoms with E-state index in [1.165, 1.54) is 17.1 Å². The van der Waals surface area contributed by atoms with Gasteiger partial charge in [0.1, 0.15) is 18.1 Å². The summed E-state index contributed by atoms with van der Waals surface area (Å²) in [4.78, 5) is 0.0585. The summed E-state index contributed by atoms with van der Waals surface area (Å²) in [5.74, 6) is 1.07.